The molecule has 3 amide bonds. The van der Waals surface area contributed by atoms with Gasteiger partial charge in [0.25, 0.3) is 0 Å². The Balaban J connectivity index is 1.42. The predicted octanol–water partition coefficient (Wildman–Crippen LogP) is 4.64. The SMILES string of the molecule is COc1ccc(NC(=O)[C@@H]2[C@@H]3C(=O)N(c4ccc(F)c(Cl)c4)C(=O)[C@@H]3[C@@H]3c4ccccc4C=CN23)cc1. The van der Waals surface area contributed by atoms with E-state index in [1.807, 2.05) is 30.3 Å². The topological polar surface area (TPSA) is 79.0 Å². The van der Waals surface area contributed by atoms with Gasteiger partial charge < -0.3 is 15.0 Å². The normalized spacial score (nSPS) is 23.5. The summed E-state index contributed by atoms with van der Waals surface area (Å²) in [6, 6.07) is 16.7. The molecule has 3 heterocycles. The van der Waals surface area contributed by atoms with Crippen LogP contribution in [0.1, 0.15) is 17.2 Å². The Labute approximate surface area is 217 Å². The smallest absolute Gasteiger partial charge is 0.247 e. The summed E-state index contributed by atoms with van der Waals surface area (Å²) in [6.45, 7) is 0. The van der Waals surface area contributed by atoms with E-state index in [1.54, 1.807) is 42.5 Å². The number of methoxy groups -OCH3 is 1. The van der Waals surface area contributed by atoms with Gasteiger partial charge in [-0.15, -0.1) is 0 Å². The van der Waals surface area contributed by atoms with E-state index in [4.69, 9.17) is 16.3 Å². The van der Waals surface area contributed by atoms with Crippen molar-refractivity contribution in [2.45, 2.75) is 12.1 Å². The van der Waals surface area contributed by atoms with E-state index in [0.29, 0.717) is 11.4 Å². The third-order valence-electron chi connectivity index (χ3n) is 7.25. The van der Waals surface area contributed by atoms with Gasteiger partial charge in [0.15, 0.2) is 0 Å². The minimum atomic E-state index is -0.949. The average Bonchev–Trinajstić information content (AvgIpc) is 3.38. The summed E-state index contributed by atoms with van der Waals surface area (Å²) < 4.78 is 19.0. The molecule has 3 aromatic carbocycles. The number of amides is 3. The van der Waals surface area contributed by atoms with Crippen LogP contribution in [-0.4, -0.2) is 35.8 Å². The van der Waals surface area contributed by atoms with Crippen molar-refractivity contribution in [3.05, 3.63) is 94.9 Å². The number of ether oxygens (including phenoxy) is 1. The Kier molecular flexibility index (Phi) is 5.49. The molecule has 9 heteroatoms. The minimum Gasteiger partial charge on any atom is -0.497 e. The van der Waals surface area contributed by atoms with E-state index in [-0.39, 0.29) is 10.7 Å². The summed E-state index contributed by atoms with van der Waals surface area (Å²) in [6.07, 6.45) is 3.66. The van der Waals surface area contributed by atoms with Gasteiger partial charge >= 0.3 is 0 Å². The summed E-state index contributed by atoms with van der Waals surface area (Å²) in [5.74, 6) is -3.15. The molecule has 2 fully saturated rings. The Bertz CT molecular complexity index is 1470. The van der Waals surface area contributed by atoms with Crippen LogP contribution >= 0.6 is 11.6 Å². The van der Waals surface area contributed by atoms with Gasteiger partial charge in [-0.25, -0.2) is 9.29 Å². The Hall–Kier alpha value is -4.17. The molecule has 0 radical (unpaired) electrons. The van der Waals surface area contributed by atoms with Gasteiger partial charge in [0.1, 0.15) is 17.6 Å². The minimum absolute atomic E-state index is 0.177. The largest absolute Gasteiger partial charge is 0.497 e. The standard InChI is InChI=1S/C28H21ClFN3O4/c1-37-18-9-6-16(7-10-18)31-26(34)25-23-22(24-19-5-3-2-4-15(19)12-13-32(24)25)27(35)33(28(23)36)17-8-11-21(30)20(29)14-17/h2-14,22-25H,1H3,(H,31,34)/t22-,23+,24-,25-/m0/s1. The van der Waals surface area contributed by atoms with Gasteiger partial charge in [-0.2, -0.15) is 0 Å². The van der Waals surface area contributed by atoms with Crippen LogP contribution < -0.4 is 15.0 Å². The van der Waals surface area contributed by atoms with Crippen molar-refractivity contribution < 1.29 is 23.5 Å². The lowest BCUT2D eigenvalue weighted by Crippen LogP contribution is -2.46. The molecule has 186 valence electrons. The molecule has 0 aromatic heterocycles. The van der Waals surface area contributed by atoms with Crippen LogP contribution in [0.5, 0.6) is 5.75 Å². The first-order chi connectivity index (χ1) is 17.9. The number of nitrogens with zero attached hydrogens (tertiary/aromatic N) is 2. The van der Waals surface area contributed by atoms with Crippen molar-refractivity contribution in [3.8, 4) is 5.75 Å². The molecule has 3 aromatic rings. The second kappa shape index (κ2) is 8.74. The van der Waals surface area contributed by atoms with Gasteiger partial charge in [-0.3, -0.25) is 14.4 Å². The maximum Gasteiger partial charge on any atom is 0.247 e. The molecule has 3 aliphatic rings. The fourth-order valence-electron chi connectivity index (χ4n) is 5.63. The van der Waals surface area contributed by atoms with Crippen LogP contribution in [0, 0.1) is 17.7 Å². The van der Waals surface area contributed by atoms with Gasteiger partial charge in [0.05, 0.1) is 35.7 Å². The highest BCUT2D eigenvalue weighted by molar-refractivity contribution is 6.31. The first-order valence-electron chi connectivity index (χ1n) is 11.7. The first kappa shape index (κ1) is 23.2. The van der Waals surface area contributed by atoms with Crippen LogP contribution in [0.25, 0.3) is 6.08 Å². The molecular weight excluding hydrogens is 497 g/mol. The number of nitrogens with one attached hydrogen (secondary N) is 1. The fraction of sp³-hybridized carbons (Fsp3) is 0.179. The number of halogens is 2. The number of anilines is 2. The zero-order chi connectivity index (χ0) is 25.8. The van der Waals surface area contributed by atoms with Crippen molar-refractivity contribution in [3.63, 3.8) is 0 Å². The lowest BCUT2D eigenvalue weighted by molar-refractivity contribution is -0.128. The van der Waals surface area contributed by atoms with Gasteiger partial charge in [0.2, 0.25) is 17.7 Å². The molecule has 2 saturated heterocycles. The summed E-state index contributed by atoms with van der Waals surface area (Å²) in [7, 11) is 1.55. The van der Waals surface area contributed by atoms with Gasteiger partial charge in [-0.05, 0) is 59.7 Å². The second-order valence-electron chi connectivity index (χ2n) is 9.16. The first-order valence-corrected chi connectivity index (χ1v) is 12.1. The molecule has 37 heavy (non-hydrogen) atoms. The molecule has 4 atom stereocenters. The monoisotopic (exact) mass is 517 g/mol. The number of benzene rings is 3. The maximum absolute atomic E-state index is 13.8. The molecule has 6 rings (SSSR count). The van der Waals surface area contributed by atoms with Crippen molar-refractivity contribution in [2.75, 3.05) is 17.3 Å². The van der Waals surface area contributed by atoms with Crippen LogP contribution in [0.3, 0.4) is 0 Å². The van der Waals surface area contributed by atoms with Crippen LogP contribution in [0.15, 0.2) is 72.9 Å². The lowest BCUT2D eigenvalue weighted by atomic mass is 9.84. The van der Waals surface area contributed by atoms with Crippen molar-refractivity contribution >= 4 is 46.8 Å². The van der Waals surface area contributed by atoms with Crippen molar-refractivity contribution in [1.29, 1.82) is 0 Å². The van der Waals surface area contributed by atoms with E-state index < -0.39 is 47.5 Å². The summed E-state index contributed by atoms with van der Waals surface area (Å²) in [5, 5.41) is 2.69. The van der Waals surface area contributed by atoms with Crippen molar-refractivity contribution in [1.82, 2.24) is 4.90 Å². The highest BCUT2D eigenvalue weighted by Crippen LogP contribution is 2.53. The number of imide groups is 1. The number of carbonyl (C=O) groups excluding carboxylic acids is 3. The summed E-state index contributed by atoms with van der Waals surface area (Å²) >= 11 is 5.96. The third-order valence-corrected chi connectivity index (χ3v) is 7.54. The molecule has 7 nitrogen and oxygen atoms in total. The third kappa shape index (κ3) is 3.59. The zero-order valence-corrected chi connectivity index (χ0v) is 20.4. The molecule has 0 unspecified atom stereocenters. The second-order valence-corrected chi connectivity index (χ2v) is 9.57. The maximum atomic E-state index is 13.8. The molecule has 0 spiro atoms. The van der Waals surface area contributed by atoms with E-state index in [1.165, 1.54) is 12.1 Å². The molecular formula is C28H21ClFN3O4. The van der Waals surface area contributed by atoms with Crippen LogP contribution in [0.4, 0.5) is 15.8 Å². The Morgan fingerprint density at radius 3 is 2.46 bits per heavy atom. The molecule has 0 bridgehead atoms. The number of hydrogen-bond donors (Lipinski definition) is 1. The fourth-order valence-corrected chi connectivity index (χ4v) is 5.80. The number of fused-ring (bicyclic) bond motifs is 5. The molecule has 0 saturated carbocycles. The average molecular weight is 518 g/mol. The molecule has 3 aliphatic heterocycles. The highest BCUT2D eigenvalue weighted by atomic mass is 35.5. The van der Waals surface area contributed by atoms with Gasteiger partial charge in [-0.1, -0.05) is 35.9 Å². The molecule has 0 aliphatic carbocycles. The Morgan fingerprint density at radius 2 is 1.73 bits per heavy atom. The highest BCUT2D eigenvalue weighted by Gasteiger charge is 2.64. The van der Waals surface area contributed by atoms with Gasteiger partial charge in [0, 0.05) is 11.9 Å². The van der Waals surface area contributed by atoms with Crippen LogP contribution in [0.2, 0.25) is 5.02 Å². The predicted molar refractivity (Wildman–Crippen MR) is 136 cm³/mol. The van der Waals surface area contributed by atoms with E-state index in [9.17, 15) is 18.8 Å². The Morgan fingerprint density at radius 1 is 1.00 bits per heavy atom. The van der Waals surface area contributed by atoms with Crippen LogP contribution in [-0.2, 0) is 14.4 Å². The van der Waals surface area contributed by atoms with E-state index in [2.05, 4.69) is 5.32 Å². The lowest BCUT2D eigenvalue weighted by Gasteiger charge is -2.35. The van der Waals surface area contributed by atoms with Crippen molar-refractivity contribution in [2.24, 2.45) is 11.8 Å². The summed E-state index contributed by atoms with van der Waals surface area (Å²) in [5.41, 5.74) is 2.49. The van der Waals surface area contributed by atoms with E-state index in [0.717, 1.165) is 22.1 Å². The van der Waals surface area contributed by atoms with E-state index >= 15 is 0 Å². The summed E-state index contributed by atoms with van der Waals surface area (Å²) in [4.78, 5) is 44.2. The zero-order valence-electron chi connectivity index (χ0n) is 19.6. The quantitative estimate of drug-likeness (QED) is 0.510. The number of rotatable bonds is 4. The number of hydrogen-bond acceptors (Lipinski definition) is 5. The number of carbonyl (C=O) groups is 3. The molecule has 1 N–H and O–H groups in total.